The lowest BCUT2D eigenvalue weighted by molar-refractivity contribution is -0.114. The number of carbonyl (C=O) groups excluding carboxylic acids is 2. The lowest BCUT2D eigenvalue weighted by Gasteiger charge is -2.26. The lowest BCUT2D eigenvalue weighted by Crippen LogP contribution is -2.41. The number of nitrogens with one attached hydrogen (secondary N) is 2. The summed E-state index contributed by atoms with van der Waals surface area (Å²) in [6.45, 7) is 5.18. The molecular formula is C18H26N4O3. The molecule has 0 aromatic heterocycles. The number of rotatable bonds is 3. The van der Waals surface area contributed by atoms with E-state index in [0.717, 1.165) is 39.0 Å². The van der Waals surface area contributed by atoms with Crippen LogP contribution in [0.5, 0.6) is 5.75 Å². The van der Waals surface area contributed by atoms with Gasteiger partial charge in [0.1, 0.15) is 5.75 Å². The van der Waals surface area contributed by atoms with Gasteiger partial charge in [-0.05, 0) is 44.0 Å². The van der Waals surface area contributed by atoms with Crippen LogP contribution < -0.4 is 15.4 Å². The molecule has 2 aliphatic rings. The minimum atomic E-state index is -0.156. The van der Waals surface area contributed by atoms with Crippen LogP contribution in [-0.2, 0) is 4.79 Å². The second kappa shape index (κ2) is 7.74. The van der Waals surface area contributed by atoms with Crippen molar-refractivity contribution in [2.75, 3.05) is 43.9 Å². The summed E-state index contributed by atoms with van der Waals surface area (Å²) in [4.78, 5) is 28.4. The highest BCUT2D eigenvalue weighted by atomic mass is 16.5. The zero-order valence-electron chi connectivity index (χ0n) is 14.9. The van der Waals surface area contributed by atoms with E-state index in [1.165, 1.54) is 13.3 Å². The highest BCUT2D eigenvalue weighted by molar-refractivity contribution is 5.94. The Labute approximate surface area is 148 Å². The van der Waals surface area contributed by atoms with Crippen LogP contribution in [0.15, 0.2) is 18.2 Å². The highest BCUT2D eigenvalue weighted by Crippen LogP contribution is 2.29. The number of anilines is 2. The lowest BCUT2D eigenvalue weighted by atomic mass is 10.2. The summed E-state index contributed by atoms with van der Waals surface area (Å²) in [6, 6.07) is 5.56. The van der Waals surface area contributed by atoms with Crippen LogP contribution in [0.2, 0.25) is 0 Å². The van der Waals surface area contributed by atoms with Gasteiger partial charge in [0.25, 0.3) is 0 Å². The zero-order chi connectivity index (χ0) is 17.8. The molecule has 0 aliphatic carbocycles. The Morgan fingerprint density at radius 3 is 2.72 bits per heavy atom. The summed E-state index contributed by atoms with van der Waals surface area (Å²) in [6.07, 6.45) is 3.37. The van der Waals surface area contributed by atoms with Gasteiger partial charge in [0, 0.05) is 38.3 Å². The molecule has 136 valence electrons. The van der Waals surface area contributed by atoms with Gasteiger partial charge in [0.2, 0.25) is 5.91 Å². The summed E-state index contributed by atoms with van der Waals surface area (Å²) in [5, 5.41) is 5.67. The quantitative estimate of drug-likeness (QED) is 0.881. The van der Waals surface area contributed by atoms with E-state index in [4.69, 9.17) is 4.74 Å². The molecule has 7 heteroatoms. The van der Waals surface area contributed by atoms with Crippen molar-refractivity contribution in [3.05, 3.63) is 18.2 Å². The van der Waals surface area contributed by atoms with E-state index in [-0.39, 0.29) is 11.9 Å². The molecule has 0 saturated carbocycles. The number of hydrogen-bond donors (Lipinski definition) is 2. The molecule has 2 saturated heterocycles. The molecule has 3 rings (SSSR count). The number of methoxy groups -OCH3 is 1. The van der Waals surface area contributed by atoms with E-state index in [9.17, 15) is 9.59 Å². The molecule has 7 nitrogen and oxygen atoms in total. The molecule has 1 aromatic carbocycles. The van der Waals surface area contributed by atoms with Crippen molar-refractivity contribution in [3.63, 3.8) is 0 Å². The van der Waals surface area contributed by atoms with Crippen LogP contribution in [0.4, 0.5) is 16.2 Å². The van der Waals surface area contributed by atoms with Crippen LogP contribution in [0.1, 0.15) is 26.2 Å². The zero-order valence-corrected chi connectivity index (χ0v) is 14.9. The standard InChI is InChI=1S/C18H26N4O3/c1-13(23)19-14-6-7-17(25-2)16(11-14)20-18(24)22-10-4-9-21-8-3-5-15(21)12-22/h6-7,11,15H,3-5,8-10,12H2,1-2H3,(H,19,23)(H,20,24)/t15-/m0/s1. The number of amides is 3. The highest BCUT2D eigenvalue weighted by Gasteiger charge is 2.30. The molecule has 2 heterocycles. The number of urea groups is 1. The van der Waals surface area contributed by atoms with E-state index in [1.54, 1.807) is 25.3 Å². The minimum absolute atomic E-state index is 0.118. The van der Waals surface area contributed by atoms with Crippen LogP contribution >= 0.6 is 0 Å². The van der Waals surface area contributed by atoms with Crippen molar-refractivity contribution >= 4 is 23.3 Å². The van der Waals surface area contributed by atoms with Gasteiger partial charge in [0.05, 0.1) is 12.8 Å². The van der Waals surface area contributed by atoms with Gasteiger partial charge in [0.15, 0.2) is 0 Å². The van der Waals surface area contributed by atoms with Crippen LogP contribution in [-0.4, -0.2) is 61.1 Å². The molecule has 2 N–H and O–H groups in total. The maximum absolute atomic E-state index is 12.8. The number of hydrogen-bond acceptors (Lipinski definition) is 4. The first kappa shape index (κ1) is 17.5. The van der Waals surface area contributed by atoms with Crippen LogP contribution in [0, 0.1) is 0 Å². The second-order valence-electron chi connectivity index (χ2n) is 6.66. The SMILES string of the molecule is COc1ccc(NC(C)=O)cc1NC(=O)N1CCCN2CCC[C@H]2C1. The third kappa shape index (κ3) is 4.22. The summed E-state index contributed by atoms with van der Waals surface area (Å²) in [7, 11) is 1.56. The van der Waals surface area contributed by atoms with Gasteiger partial charge in [-0.2, -0.15) is 0 Å². The van der Waals surface area contributed by atoms with Crippen LogP contribution in [0.25, 0.3) is 0 Å². The number of benzene rings is 1. The van der Waals surface area contributed by atoms with Crippen molar-refractivity contribution in [1.82, 2.24) is 9.80 Å². The maximum Gasteiger partial charge on any atom is 0.322 e. The van der Waals surface area contributed by atoms with Crippen molar-refractivity contribution in [3.8, 4) is 5.75 Å². The molecule has 1 atom stereocenters. The summed E-state index contributed by atoms with van der Waals surface area (Å²) in [5.41, 5.74) is 1.19. The minimum Gasteiger partial charge on any atom is -0.495 e. The molecule has 1 aromatic rings. The van der Waals surface area contributed by atoms with Crippen LogP contribution in [0.3, 0.4) is 0 Å². The summed E-state index contributed by atoms with van der Waals surface area (Å²) < 4.78 is 5.33. The van der Waals surface area contributed by atoms with Crippen molar-refractivity contribution in [2.45, 2.75) is 32.2 Å². The van der Waals surface area contributed by atoms with E-state index in [2.05, 4.69) is 15.5 Å². The molecule has 0 bridgehead atoms. The van der Waals surface area contributed by atoms with Gasteiger partial charge < -0.3 is 20.3 Å². The first-order chi connectivity index (χ1) is 12.1. The van der Waals surface area contributed by atoms with Gasteiger partial charge in [-0.25, -0.2) is 4.79 Å². The summed E-state index contributed by atoms with van der Waals surface area (Å²) >= 11 is 0. The molecular weight excluding hydrogens is 320 g/mol. The molecule has 25 heavy (non-hydrogen) atoms. The molecule has 2 aliphatic heterocycles. The predicted molar refractivity (Wildman–Crippen MR) is 97.1 cm³/mol. The summed E-state index contributed by atoms with van der Waals surface area (Å²) in [5.74, 6) is 0.413. The smallest absolute Gasteiger partial charge is 0.322 e. The molecule has 0 unspecified atom stereocenters. The predicted octanol–water partition coefficient (Wildman–Crippen LogP) is 2.36. The maximum atomic E-state index is 12.8. The Kier molecular flexibility index (Phi) is 5.43. The van der Waals surface area contributed by atoms with E-state index < -0.39 is 0 Å². The van der Waals surface area contributed by atoms with Gasteiger partial charge in [-0.1, -0.05) is 0 Å². The Hall–Kier alpha value is -2.28. The third-order valence-electron chi connectivity index (χ3n) is 4.85. The Bertz CT molecular complexity index is 649. The first-order valence-electron chi connectivity index (χ1n) is 8.82. The Morgan fingerprint density at radius 2 is 1.96 bits per heavy atom. The number of carbonyl (C=O) groups is 2. The molecule has 0 spiro atoms. The van der Waals surface area contributed by atoms with E-state index in [0.29, 0.717) is 23.2 Å². The van der Waals surface area contributed by atoms with Gasteiger partial charge in [-0.3, -0.25) is 9.69 Å². The Balaban J connectivity index is 1.71. The van der Waals surface area contributed by atoms with Crippen molar-refractivity contribution < 1.29 is 14.3 Å². The first-order valence-corrected chi connectivity index (χ1v) is 8.82. The topological polar surface area (TPSA) is 73.9 Å². The average molecular weight is 346 g/mol. The fraction of sp³-hybridized carbons (Fsp3) is 0.556. The number of ether oxygens (including phenoxy) is 1. The second-order valence-corrected chi connectivity index (χ2v) is 6.66. The molecule has 0 radical (unpaired) electrons. The Morgan fingerprint density at radius 1 is 1.16 bits per heavy atom. The number of nitrogens with zero attached hydrogens (tertiary/aromatic N) is 2. The third-order valence-corrected chi connectivity index (χ3v) is 4.85. The normalized spacial score (nSPS) is 20.6. The van der Waals surface area contributed by atoms with E-state index >= 15 is 0 Å². The molecule has 2 fully saturated rings. The fourth-order valence-corrected chi connectivity index (χ4v) is 3.67. The van der Waals surface area contributed by atoms with Gasteiger partial charge in [-0.15, -0.1) is 0 Å². The van der Waals surface area contributed by atoms with Crippen molar-refractivity contribution in [2.24, 2.45) is 0 Å². The molecule has 3 amide bonds. The van der Waals surface area contributed by atoms with Gasteiger partial charge >= 0.3 is 6.03 Å². The monoisotopic (exact) mass is 346 g/mol. The van der Waals surface area contributed by atoms with E-state index in [1.807, 2.05) is 4.90 Å². The average Bonchev–Trinajstić information content (AvgIpc) is 2.91. The number of fused-ring (bicyclic) bond motifs is 1. The fourth-order valence-electron chi connectivity index (χ4n) is 3.67. The van der Waals surface area contributed by atoms with Crippen molar-refractivity contribution in [1.29, 1.82) is 0 Å². The largest absolute Gasteiger partial charge is 0.495 e.